The van der Waals surface area contributed by atoms with Gasteiger partial charge in [-0.3, -0.25) is 4.79 Å². The smallest absolute Gasteiger partial charge is 0.324 e. The number of carbonyl (C=O) groups is 1. The molecule has 0 aliphatic carbocycles. The molecule has 3 N–H and O–H groups in total. The first-order chi connectivity index (χ1) is 7.74. The zero-order chi connectivity index (χ0) is 13.2. The van der Waals surface area contributed by atoms with Crippen LogP contribution >= 0.6 is 11.3 Å². The quantitative estimate of drug-likeness (QED) is 0.639. The fourth-order valence-electron chi connectivity index (χ4n) is 1.05. The summed E-state index contributed by atoms with van der Waals surface area (Å²) in [6.45, 7) is 0.0711. The van der Waals surface area contributed by atoms with Crippen molar-refractivity contribution in [2.24, 2.45) is 0 Å². The molecule has 0 aromatic carbocycles. The highest BCUT2D eigenvalue weighted by atomic mass is 32.1. The third-order valence-electron chi connectivity index (χ3n) is 1.90. The zero-order valence-electron chi connectivity index (χ0n) is 8.77. The second-order valence-electron chi connectivity index (χ2n) is 3.37. The summed E-state index contributed by atoms with van der Waals surface area (Å²) in [5, 5.41) is 2.30. The molecule has 8 heteroatoms. The van der Waals surface area contributed by atoms with E-state index < -0.39 is 18.9 Å². The van der Waals surface area contributed by atoms with E-state index in [0.29, 0.717) is 0 Å². The van der Waals surface area contributed by atoms with Gasteiger partial charge in [-0.15, -0.1) is 11.3 Å². The molecule has 3 nitrogen and oxygen atoms in total. The maximum absolute atomic E-state index is 12.6. The van der Waals surface area contributed by atoms with Crippen LogP contribution in [0, 0.1) is 0 Å². The second kappa shape index (κ2) is 4.91. The summed E-state index contributed by atoms with van der Waals surface area (Å²) in [5.74, 6) is -4.42. The Balaban J connectivity index is 2.71. The molecule has 0 fully saturated rings. The highest BCUT2D eigenvalue weighted by Crippen LogP contribution is 2.31. The van der Waals surface area contributed by atoms with Gasteiger partial charge in [-0.25, -0.2) is 8.78 Å². The summed E-state index contributed by atoms with van der Waals surface area (Å²) < 4.78 is 48.9. The zero-order valence-corrected chi connectivity index (χ0v) is 9.58. The Morgan fingerprint density at radius 1 is 1.59 bits per heavy atom. The number of halogens is 4. The molecule has 1 aromatic heterocycles. The molecule has 96 valence electrons. The van der Waals surface area contributed by atoms with Crippen LogP contribution in [0.1, 0.15) is 16.6 Å². The summed E-state index contributed by atoms with van der Waals surface area (Å²) in [4.78, 5) is 11.2. The number of carbonyl (C=O) groups excluding carboxylic acids is 1. The Bertz CT molecular complexity index is 419. The van der Waals surface area contributed by atoms with E-state index in [2.05, 4.69) is 5.32 Å². The number of alkyl halides is 4. The first-order valence-corrected chi connectivity index (χ1v) is 5.36. The van der Waals surface area contributed by atoms with Crippen molar-refractivity contribution in [1.82, 2.24) is 0 Å². The van der Waals surface area contributed by atoms with Gasteiger partial charge in [-0.2, -0.15) is 8.78 Å². The van der Waals surface area contributed by atoms with Crippen LogP contribution in [0.25, 0.3) is 0 Å². The van der Waals surface area contributed by atoms with Crippen LogP contribution in [0.2, 0.25) is 0 Å². The lowest BCUT2D eigenvalue weighted by Gasteiger charge is -2.15. The molecule has 0 spiro atoms. The molecule has 1 rings (SSSR count). The van der Waals surface area contributed by atoms with Crippen molar-refractivity contribution < 1.29 is 22.4 Å². The van der Waals surface area contributed by atoms with E-state index >= 15 is 0 Å². The highest BCUT2D eigenvalue weighted by Gasteiger charge is 2.40. The van der Waals surface area contributed by atoms with Gasteiger partial charge < -0.3 is 11.1 Å². The lowest BCUT2D eigenvalue weighted by atomic mass is 10.3. The van der Waals surface area contributed by atoms with E-state index in [4.69, 9.17) is 5.73 Å². The molecule has 0 atom stereocenters. The number of thiophene rings is 1. The maximum atomic E-state index is 12.6. The highest BCUT2D eigenvalue weighted by molar-refractivity contribution is 7.18. The van der Waals surface area contributed by atoms with Crippen molar-refractivity contribution in [2.45, 2.75) is 19.3 Å². The molecule has 0 saturated heterocycles. The van der Waals surface area contributed by atoms with Crippen LogP contribution in [0.4, 0.5) is 28.3 Å². The average Bonchev–Trinajstić information content (AvgIpc) is 2.57. The van der Waals surface area contributed by atoms with Gasteiger partial charge >= 0.3 is 12.3 Å². The SMILES string of the molecule is CC(=O)c1sc(NCC(F)(F)C(F)F)cc1N. The summed E-state index contributed by atoms with van der Waals surface area (Å²) in [5.41, 5.74) is 5.60. The van der Waals surface area contributed by atoms with Crippen molar-refractivity contribution in [2.75, 3.05) is 17.6 Å². The van der Waals surface area contributed by atoms with Gasteiger partial charge in [0.05, 0.1) is 22.1 Å². The third kappa shape index (κ3) is 3.32. The standard InChI is InChI=1S/C9H10F4N2OS/c1-4(16)7-5(14)2-6(17-7)15-3-9(12,13)8(10)11/h2,8,15H,3,14H2,1H3. The predicted molar refractivity (Wildman–Crippen MR) is 58.2 cm³/mol. The number of rotatable bonds is 5. The van der Waals surface area contributed by atoms with Crippen LogP contribution in [0.5, 0.6) is 0 Å². The van der Waals surface area contributed by atoms with E-state index in [-0.39, 0.29) is 21.3 Å². The van der Waals surface area contributed by atoms with Crippen molar-refractivity contribution in [3.05, 3.63) is 10.9 Å². The molecule has 1 aromatic rings. The summed E-state index contributed by atoms with van der Waals surface area (Å²) in [7, 11) is 0. The Kier molecular flexibility index (Phi) is 3.97. The number of nitrogens with two attached hydrogens (primary N) is 1. The molecule has 0 unspecified atom stereocenters. The van der Waals surface area contributed by atoms with Gasteiger partial charge in [-0.1, -0.05) is 0 Å². The van der Waals surface area contributed by atoms with Crippen LogP contribution in [-0.2, 0) is 0 Å². The van der Waals surface area contributed by atoms with Crippen LogP contribution in [0.3, 0.4) is 0 Å². The first-order valence-electron chi connectivity index (χ1n) is 4.54. The largest absolute Gasteiger partial charge is 0.397 e. The van der Waals surface area contributed by atoms with Gasteiger partial charge in [0.15, 0.2) is 5.78 Å². The third-order valence-corrected chi connectivity index (χ3v) is 3.11. The molecule has 1 heterocycles. The van der Waals surface area contributed by atoms with Gasteiger partial charge in [0, 0.05) is 6.92 Å². The number of ketones is 1. The fourth-order valence-corrected chi connectivity index (χ4v) is 1.92. The van der Waals surface area contributed by atoms with Gasteiger partial charge in [0.1, 0.15) is 0 Å². The molecular formula is C9H10F4N2OS. The molecule has 0 amide bonds. The first kappa shape index (κ1) is 13.8. The minimum absolute atomic E-state index is 0.144. The van der Waals surface area contributed by atoms with E-state index in [0.717, 1.165) is 11.3 Å². The molecule has 0 aliphatic heterocycles. The lowest BCUT2D eigenvalue weighted by Crippen LogP contribution is -2.34. The van der Waals surface area contributed by atoms with E-state index in [1.807, 2.05) is 0 Å². The summed E-state index contributed by atoms with van der Waals surface area (Å²) >= 11 is 0.856. The van der Waals surface area contributed by atoms with Gasteiger partial charge in [-0.05, 0) is 6.07 Å². The number of hydrogen-bond acceptors (Lipinski definition) is 4. The lowest BCUT2D eigenvalue weighted by molar-refractivity contribution is -0.117. The molecular weight excluding hydrogens is 260 g/mol. The molecule has 17 heavy (non-hydrogen) atoms. The molecule has 0 saturated carbocycles. The Labute approximate surface area is 98.6 Å². The Morgan fingerprint density at radius 2 is 2.18 bits per heavy atom. The number of anilines is 2. The normalized spacial score (nSPS) is 11.9. The topological polar surface area (TPSA) is 55.1 Å². The predicted octanol–water partition coefficient (Wildman–Crippen LogP) is 2.85. The van der Waals surface area contributed by atoms with E-state index in [9.17, 15) is 22.4 Å². The van der Waals surface area contributed by atoms with Crippen molar-refractivity contribution >= 4 is 27.8 Å². The van der Waals surface area contributed by atoms with Crippen molar-refractivity contribution in [3.8, 4) is 0 Å². The van der Waals surface area contributed by atoms with Crippen LogP contribution < -0.4 is 11.1 Å². The Hall–Kier alpha value is -1.31. The number of nitrogen functional groups attached to an aromatic ring is 1. The maximum Gasteiger partial charge on any atom is 0.324 e. The molecule has 0 aliphatic rings. The molecule has 0 bridgehead atoms. The van der Waals surface area contributed by atoms with Crippen LogP contribution in [-0.4, -0.2) is 24.7 Å². The summed E-state index contributed by atoms with van der Waals surface area (Å²) in [6.07, 6.45) is -3.74. The van der Waals surface area contributed by atoms with Crippen molar-refractivity contribution in [1.29, 1.82) is 0 Å². The van der Waals surface area contributed by atoms with Gasteiger partial charge in [0.25, 0.3) is 0 Å². The number of Topliss-reactive ketones (excluding diaryl/α,β-unsaturated/α-hetero) is 1. The number of nitrogens with one attached hydrogen (secondary N) is 1. The van der Waals surface area contributed by atoms with Crippen molar-refractivity contribution in [3.63, 3.8) is 0 Å². The Morgan fingerprint density at radius 3 is 2.59 bits per heavy atom. The summed E-state index contributed by atoms with van der Waals surface area (Å²) in [6, 6.07) is 1.27. The van der Waals surface area contributed by atoms with Crippen LogP contribution in [0.15, 0.2) is 6.07 Å². The monoisotopic (exact) mass is 270 g/mol. The van der Waals surface area contributed by atoms with E-state index in [1.165, 1.54) is 13.0 Å². The molecule has 0 radical (unpaired) electrons. The van der Waals surface area contributed by atoms with Gasteiger partial charge in [0.2, 0.25) is 0 Å². The average molecular weight is 270 g/mol. The number of hydrogen-bond donors (Lipinski definition) is 2. The second-order valence-corrected chi connectivity index (χ2v) is 4.42. The minimum atomic E-state index is -4.12. The minimum Gasteiger partial charge on any atom is -0.397 e. The fraction of sp³-hybridized carbons (Fsp3) is 0.444. The van der Waals surface area contributed by atoms with E-state index in [1.54, 1.807) is 0 Å².